The average molecular weight is 473 g/mol. The lowest BCUT2D eigenvalue weighted by molar-refractivity contribution is 0.0194. The molecule has 0 aliphatic heterocycles. The number of nitrogen functional groups attached to an aromatic ring is 1. The molecule has 0 saturated heterocycles. The van der Waals surface area contributed by atoms with Gasteiger partial charge in [-0.15, -0.1) is 0 Å². The molecule has 3 rings (SSSR count). The Morgan fingerprint density at radius 1 is 1.19 bits per heavy atom. The van der Waals surface area contributed by atoms with Crippen molar-refractivity contribution in [3.63, 3.8) is 0 Å². The number of rotatable bonds is 7. The largest absolute Gasteiger partial charge is 0.368 e. The zero-order valence-corrected chi connectivity index (χ0v) is 18.2. The lowest BCUT2D eigenvalue weighted by atomic mass is 10.0. The minimum atomic E-state index is -2.94. The van der Waals surface area contributed by atoms with Gasteiger partial charge < -0.3 is 10.5 Å². The third-order valence-electron chi connectivity index (χ3n) is 4.57. The fourth-order valence-electron chi connectivity index (χ4n) is 3.04. The summed E-state index contributed by atoms with van der Waals surface area (Å²) in [5.74, 6) is -7.39. The van der Waals surface area contributed by atoms with Crippen LogP contribution in [0.4, 0.5) is 33.6 Å². The Bertz CT molecular complexity index is 1230. The number of anilines is 2. The van der Waals surface area contributed by atoms with Gasteiger partial charge in [0.1, 0.15) is 11.3 Å². The first kappa shape index (κ1) is 23.8. The summed E-state index contributed by atoms with van der Waals surface area (Å²) in [6, 6.07) is 1.49. The lowest BCUT2D eigenvalue weighted by Crippen LogP contribution is -2.25. The van der Waals surface area contributed by atoms with Gasteiger partial charge in [0.25, 0.3) is 5.56 Å². The van der Waals surface area contributed by atoms with E-state index in [4.69, 9.17) is 5.73 Å². The third kappa shape index (κ3) is 4.79. The van der Waals surface area contributed by atoms with Crippen LogP contribution in [0.3, 0.4) is 0 Å². The second-order valence-corrected chi connectivity index (χ2v) is 8.41. The maximum atomic E-state index is 14.9. The quantitative estimate of drug-likeness (QED) is 0.214. The zero-order valence-electron chi connectivity index (χ0n) is 17.3. The van der Waals surface area contributed by atoms with Gasteiger partial charge in [-0.1, -0.05) is 11.9 Å². The number of pyridine rings is 1. The van der Waals surface area contributed by atoms with Crippen molar-refractivity contribution in [2.45, 2.75) is 39.2 Å². The number of alkyl halides is 2. The van der Waals surface area contributed by atoms with Crippen molar-refractivity contribution in [2.24, 2.45) is 0 Å². The molecule has 0 atom stereocenters. The highest BCUT2D eigenvalue weighted by Crippen LogP contribution is 2.33. The number of nitrogens with one attached hydrogen (secondary N) is 1. The van der Waals surface area contributed by atoms with Crippen molar-refractivity contribution in [3.8, 4) is 11.1 Å². The number of halogens is 5. The van der Waals surface area contributed by atoms with E-state index in [1.165, 1.54) is 16.8 Å². The van der Waals surface area contributed by atoms with Gasteiger partial charge in [-0.05, 0) is 32.9 Å². The normalized spacial score (nSPS) is 12.0. The van der Waals surface area contributed by atoms with Crippen LogP contribution in [-0.4, -0.2) is 26.2 Å². The SMILES string of the molecule is CC(C)n1c(=O)c(-c2cc(F)c(NSCCC(C)(F)F)c(F)c2F)cc2cnc(N)nc21. The molecular formula is C20H20F5N5OS. The van der Waals surface area contributed by atoms with E-state index in [2.05, 4.69) is 14.7 Å². The Labute approximate surface area is 184 Å². The van der Waals surface area contributed by atoms with E-state index in [-0.39, 0.29) is 22.9 Å². The van der Waals surface area contributed by atoms with Crippen molar-refractivity contribution < 1.29 is 22.0 Å². The van der Waals surface area contributed by atoms with E-state index in [9.17, 15) is 26.7 Å². The van der Waals surface area contributed by atoms with Gasteiger partial charge in [0.05, 0.1) is 5.56 Å². The van der Waals surface area contributed by atoms with E-state index in [1.807, 2.05) is 0 Å². The number of aromatic nitrogens is 3. The average Bonchev–Trinajstić information content (AvgIpc) is 2.68. The Hall–Kier alpha value is -2.89. The highest BCUT2D eigenvalue weighted by molar-refractivity contribution is 8.00. The first-order valence-electron chi connectivity index (χ1n) is 9.52. The van der Waals surface area contributed by atoms with Gasteiger partial charge >= 0.3 is 0 Å². The molecule has 0 saturated carbocycles. The molecule has 0 unspecified atom stereocenters. The number of hydrogen-bond donors (Lipinski definition) is 2. The van der Waals surface area contributed by atoms with Crippen LogP contribution in [0.1, 0.15) is 33.2 Å². The molecule has 1 aromatic carbocycles. The summed E-state index contributed by atoms with van der Waals surface area (Å²) in [4.78, 5) is 21.0. The summed E-state index contributed by atoms with van der Waals surface area (Å²) in [5.41, 5.74) is 3.38. The van der Waals surface area contributed by atoms with E-state index in [1.54, 1.807) is 13.8 Å². The fraction of sp³-hybridized carbons (Fsp3) is 0.350. The maximum absolute atomic E-state index is 14.9. The van der Waals surface area contributed by atoms with E-state index in [0.717, 1.165) is 6.92 Å². The number of benzene rings is 1. The summed E-state index contributed by atoms with van der Waals surface area (Å²) in [6.07, 6.45) is 0.785. The molecule has 0 bridgehead atoms. The molecule has 172 valence electrons. The monoisotopic (exact) mass is 473 g/mol. The smallest absolute Gasteiger partial charge is 0.260 e. The minimum absolute atomic E-state index is 0.0731. The Kier molecular flexibility index (Phi) is 6.63. The second kappa shape index (κ2) is 8.93. The molecule has 0 aliphatic rings. The van der Waals surface area contributed by atoms with Crippen molar-refractivity contribution >= 4 is 34.6 Å². The second-order valence-electron chi connectivity index (χ2n) is 7.51. The Morgan fingerprint density at radius 3 is 2.50 bits per heavy atom. The first-order chi connectivity index (χ1) is 14.9. The van der Waals surface area contributed by atoms with Crippen LogP contribution in [0.2, 0.25) is 0 Å². The van der Waals surface area contributed by atoms with Crippen LogP contribution in [0.15, 0.2) is 23.1 Å². The summed E-state index contributed by atoms with van der Waals surface area (Å²) in [6.45, 7) is 4.09. The van der Waals surface area contributed by atoms with Crippen LogP contribution < -0.4 is 16.0 Å². The predicted octanol–water partition coefficient (Wildman–Crippen LogP) is 5.14. The van der Waals surface area contributed by atoms with Crippen molar-refractivity contribution in [2.75, 3.05) is 16.2 Å². The number of hydrogen-bond acceptors (Lipinski definition) is 6. The molecule has 0 fully saturated rings. The van der Waals surface area contributed by atoms with Gasteiger partial charge in [0.15, 0.2) is 17.5 Å². The standard InChI is InChI=1S/C20H20F5N5OS/c1-9(2)30-17-10(8-27-19(26)28-17)6-12(18(30)31)11-7-13(21)16(15(23)14(11)22)29-32-5-4-20(3,24)25/h6-9,29H,4-5H2,1-3H3,(H2,26,27,28). The summed E-state index contributed by atoms with van der Waals surface area (Å²) < 4.78 is 73.4. The maximum Gasteiger partial charge on any atom is 0.260 e. The summed E-state index contributed by atoms with van der Waals surface area (Å²) >= 11 is 0.614. The minimum Gasteiger partial charge on any atom is -0.368 e. The van der Waals surface area contributed by atoms with Crippen molar-refractivity contribution in [3.05, 3.63) is 46.1 Å². The number of nitrogens with zero attached hydrogens (tertiary/aromatic N) is 3. The van der Waals surface area contributed by atoms with Crippen LogP contribution in [-0.2, 0) is 0 Å². The number of nitrogens with two attached hydrogens (primary N) is 1. The molecule has 2 aromatic heterocycles. The molecule has 0 spiro atoms. The molecule has 0 radical (unpaired) electrons. The van der Waals surface area contributed by atoms with Gasteiger partial charge in [0, 0.05) is 35.4 Å². The fourth-order valence-corrected chi connectivity index (χ4v) is 3.94. The van der Waals surface area contributed by atoms with Crippen LogP contribution >= 0.6 is 11.9 Å². The third-order valence-corrected chi connectivity index (χ3v) is 5.33. The molecule has 32 heavy (non-hydrogen) atoms. The highest BCUT2D eigenvalue weighted by Gasteiger charge is 2.25. The Balaban J connectivity index is 2.08. The first-order valence-corrected chi connectivity index (χ1v) is 10.5. The molecule has 0 amide bonds. The van der Waals surface area contributed by atoms with E-state index >= 15 is 0 Å². The van der Waals surface area contributed by atoms with Crippen LogP contribution in [0.5, 0.6) is 0 Å². The van der Waals surface area contributed by atoms with Crippen molar-refractivity contribution in [1.29, 1.82) is 0 Å². The van der Waals surface area contributed by atoms with Crippen molar-refractivity contribution in [1.82, 2.24) is 14.5 Å². The van der Waals surface area contributed by atoms with Crippen LogP contribution in [0, 0.1) is 17.5 Å². The van der Waals surface area contributed by atoms with E-state index < -0.39 is 52.6 Å². The molecule has 3 aromatic rings. The van der Waals surface area contributed by atoms with Gasteiger partial charge in [0.2, 0.25) is 11.9 Å². The topological polar surface area (TPSA) is 85.8 Å². The van der Waals surface area contributed by atoms with E-state index in [0.29, 0.717) is 23.4 Å². The molecule has 0 aliphatic carbocycles. The molecule has 6 nitrogen and oxygen atoms in total. The lowest BCUT2D eigenvalue weighted by Gasteiger charge is -2.17. The molecular weight excluding hydrogens is 453 g/mol. The highest BCUT2D eigenvalue weighted by atomic mass is 32.2. The summed E-state index contributed by atoms with van der Waals surface area (Å²) in [5, 5.41) is 0.320. The van der Waals surface area contributed by atoms with Gasteiger partial charge in [-0.2, -0.15) is 4.98 Å². The Morgan fingerprint density at radius 2 is 1.88 bits per heavy atom. The molecule has 2 heterocycles. The van der Waals surface area contributed by atoms with Gasteiger partial charge in [-0.25, -0.2) is 26.9 Å². The summed E-state index contributed by atoms with van der Waals surface area (Å²) in [7, 11) is 0. The van der Waals surface area contributed by atoms with Crippen LogP contribution in [0.25, 0.3) is 22.2 Å². The zero-order chi connectivity index (χ0) is 23.8. The number of fused-ring (bicyclic) bond motifs is 1. The predicted molar refractivity (Wildman–Crippen MR) is 115 cm³/mol. The molecule has 12 heteroatoms. The van der Waals surface area contributed by atoms with Gasteiger partial charge in [-0.3, -0.25) is 9.36 Å². The molecule has 3 N–H and O–H groups in total.